The Morgan fingerprint density at radius 2 is 0.813 bits per heavy atom. The number of ether oxygens (including phenoxy) is 14. The number of Topliss-reactive ketones (excluding diaryl/α,β-unsaturated/α-hetero) is 1. The van der Waals surface area contributed by atoms with Crippen molar-refractivity contribution < 1.29 is 124 Å². The van der Waals surface area contributed by atoms with Crippen molar-refractivity contribution in [1.29, 1.82) is 0 Å². The molecule has 0 aromatic heterocycles. The minimum Gasteiger partial charge on any atom is -0.484 e. The molecule has 5 rings (SSSR count). The average molecular weight is 1060 g/mol. The molecule has 0 radical (unpaired) electrons. The van der Waals surface area contributed by atoms with Gasteiger partial charge in [-0.2, -0.15) is 0 Å². The van der Waals surface area contributed by atoms with Crippen LogP contribution in [-0.2, 0) is 100 Å². The van der Waals surface area contributed by atoms with Crippen molar-refractivity contribution in [3.63, 3.8) is 0 Å². The Kier molecular flexibility index (Phi) is 19.2. The van der Waals surface area contributed by atoms with E-state index in [-0.39, 0.29) is 11.3 Å². The number of carbonyl (C=O) groups excluding carboxylic acids is 12. The van der Waals surface area contributed by atoms with E-state index in [1.807, 2.05) is 0 Å². The fourth-order valence-electron chi connectivity index (χ4n) is 8.60. The highest BCUT2D eigenvalue weighted by Crippen LogP contribution is 2.58. The van der Waals surface area contributed by atoms with Crippen molar-refractivity contribution in [2.24, 2.45) is 0 Å². The average Bonchev–Trinajstić information content (AvgIpc) is 3.27. The zero-order valence-electron chi connectivity index (χ0n) is 42.4. The van der Waals surface area contributed by atoms with Crippen LogP contribution in [0.2, 0.25) is 0 Å². The first kappa shape index (κ1) is 57.9. The molecule has 0 aliphatic carbocycles. The molecule has 0 bridgehead atoms. The van der Waals surface area contributed by atoms with Crippen molar-refractivity contribution in [1.82, 2.24) is 0 Å². The summed E-state index contributed by atoms with van der Waals surface area (Å²) in [5, 5.41) is 0. The second-order valence-corrected chi connectivity index (χ2v) is 17.0. The number of ketones is 1. The molecule has 3 heterocycles. The van der Waals surface area contributed by atoms with E-state index in [1.165, 1.54) is 31.2 Å². The van der Waals surface area contributed by atoms with Gasteiger partial charge in [-0.1, -0.05) is 12.1 Å². The molecule has 26 heteroatoms. The van der Waals surface area contributed by atoms with Crippen molar-refractivity contribution in [3.05, 3.63) is 46.5 Å². The molecule has 75 heavy (non-hydrogen) atoms. The number of hydrogen-bond acceptors (Lipinski definition) is 26. The van der Waals surface area contributed by atoms with Crippen LogP contribution in [0.4, 0.5) is 0 Å². The van der Waals surface area contributed by atoms with Crippen molar-refractivity contribution >= 4 is 71.4 Å². The van der Waals surface area contributed by atoms with Crippen LogP contribution >= 0.6 is 0 Å². The third-order valence-electron chi connectivity index (χ3n) is 10.9. The van der Waals surface area contributed by atoms with Gasteiger partial charge >= 0.3 is 65.7 Å². The number of esters is 11. The van der Waals surface area contributed by atoms with Crippen LogP contribution in [0.5, 0.6) is 23.0 Å². The summed E-state index contributed by atoms with van der Waals surface area (Å²) in [6, 6.07) is 5.62. The van der Waals surface area contributed by atoms with E-state index in [1.54, 1.807) is 0 Å². The van der Waals surface area contributed by atoms with Gasteiger partial charge in [0, 0.05) is 76.2 Å². The highest BCUT2D eigenvalue weighted by atomic mass is 16.7. The van der Waals surface area contributed by atoms with Gasteiger partial charge in [0.05, 0.1) is 17.5 Å². The van der Waals surface area contributed by atoms with Crippen LogP contribution in [0.25, 0.3) is 0 Å². The Morgan fingerprint density at radius 1 is 0.440 bits per heavy atom. The molecule has 0 spiro atoms. The number of fused-ring (bicyclic) bond motifs is 1. The SMILES string of the molecule is CC(=O)OC[C@H]1O[C@@H](c2c(OC(C)=O)c3c(c([C@@H]4O[C@H](COC(C)=O)[C@@H](OC(C)=O)[C@H](OC(C)=O)[C@H]4OC(C)=O)c2OC(C)=O)O[C@H](c2ccc(OC(C)=O)cc2)CC3=O)[C@H](OC(C)=O)[C@@H](OC(C)=O)[C@@H]1OC(C)=O. The zero-order valence-corrected chi connectivity index (χ0v) is 42.4. The van der Waals surface area contributed by atoms with Crippen LogP contribution in [0.1, 0.15) is 128 Å². The molecule has 2 aromatic rings. The van der Waals surface area contributed by atoms with E-state index in [4.69, 9.17) is 66.3 Å². The van der Waals surface area contributed by atoms with E-state index < -0.39 is 192 Å². The summed E-state index contributed by atoms with van der Waals surface area (Å²) in [5.74, 6) is -14.3. The Morgan fingerprint density at radius 3 is 1.20 bits per heavy atom. The van der Waals surface area contributed by atoms with Gasteiger partial charge in [0.2, 0.25) is 0 Å². The fraction of sp³-hybridized carbons (Fsp3) is 0.510. The third-order valence-corrected chi connectivity index (χ3v) is 10.9. The van der Waals surface area contributed by atoms with E-state index in [0.717, 1.165) is 69.2 Å². The van der Waals surface area contributed by atoms with Gasteiger partial charge in [0.25, 0.3) is 0 Å². The largest absolute Gasteiger partial charge is 0.484 e. The number of rotatable bonds is 16. The van der Waals surface area contributed by atoms with Gasteiger partial charge in [-0.3, -0.25) is 57.5 Å². The minimum atomic E-state index is -2.15. The Hall–Kier alpha value is -8.00. The summed E-state index contributed by atoms with van der Waals surface area (Å²) in [4.78, 5) is 157. The smallest absolute Gasteiger partial charge is 0.308 e. The first-order valence-electron chi connectivity index (χ1n) is 22.9. The van der Waals surface area contributed by atoms with Crippen LogP contribution in [0, 0.1) is 0 Å². The maximum atomic E-state index is 15.2. The predicted octanol–water partition coefficient (Wildman–Crippen LogP) is 2.77. The molecule has 0 N–H and O–H groups in total. The molecular weight excluding hydrogens is 1000 g/mol. The molecule has 26 nitrogen and oxygen atoms in total. The van der Waals surface area contributed by atoms with Gasteiger partial charge in [0.15, 0.2) is 48.2 Å². The zero-order chi connectivity index (χ0) is 55.7. The fourth-order valence-corrected chi connectivity index (χ4v) is 8.60. The summed E-state index contributed by atoms with van der Waals surface area (Å²) in [6.45, 7) is 9.06. The molecule has 2 fully saturated rings. The third kappa shape index (κ3) is 14.6. The second-order valence-electron chi connectivity index (χ2n) is 17.0. The molecule has 3 aliphatic heterocycles. The molecule has 2 aromatic carbocycles. The maximum absolute atomic E-state index is 15.2. The number of benzene rings is 2. The molecule has 0 unspecified atom stereocenters. The molecule has 406 valence electrons. The van der Waals surface area contributed by atoms with Crippen molar-refractivity contribution in [2.45, 2.75) is 150 Å². The lowest BCUT2D eigenvalue weighted by molar-refractivity contribution is -0.256. The number of hydrogen-bond donors (Lipinski definition) is 0. The van der Waals surface area contributed by atoms with Crippen LogP contribution in [0.15, 0.2) is 24.3 Å². The molecule has 0 amide bonds. The lowest BCUT2D eigenvalue weighted by Gasteiger charge is -2.47. The van der Waals surface area contributed by atoms with E-state index in [0.29, 0.717) is 0 Å². The molecule has 0 saturated carbocycles. The molecule has 3 aliphatic rings. The quantitative estimate of drug-likeness (QED) is 0.132. The molecule has 11 atom stereocenters. The van der Waals surface area contributed by atoms with E-state index in [9.17, 15) is 52.7 Å². The maximum Gasteiger partial charge on any atom is 0.308 e. The number of carbonyl (C=O) groups is 12. The van der Waals surface area contributed by atoms with Crippen LogP contribution in [0.3, 0.4) is 0 Å². The van der Waals surface area contributed by atoms with Gasteiger partial charge in [0.1, 0.15) is 66.5 Å². The van der Waals surface area contributed by atoms with Gasteiger partial charge in [-0.25, -0.2) is 0 Å². The first-order valence-corrected chi connectivity index (χ1v) is 22.9. The Balaban J connectivity index is 2.05. The standard InChI is InChI=1S/C49H54O26/c1-19(50)62-17-34-39(65-22(4)53)46(69-26(8)57)48(71-28(10)59)44(74-34)37-41(67-24(6)55)36-32(61)16-33(30-12-14-31(15-13-30)64-21(3)52)73-42(36)38(43(37)68-25(7)56)45-49(72-29(11)60)47(70-27(9)58)40(66-23(5)54)35(75-45)18-63-20(2)51/h12-15,33-35,39-40,44-49H,16-18H2,1-11H3/t33-,34+,35+,39+,40+,44-,45-,46-,47-,48-,49-/m0/s1. The van der Waals surface area contributed by atoms with Gasteiger partial charge in [-0.15, -0.1) is 0 Å². The monoisotopic (exact) mass is 1060 g/mol. The molecule has 2 saturated heterocycles. The summed E-state index contributed by atoms with van der Waals surface area (Å²) in [6.07, 6.45) is -21.2. The van der Waals surface area contributed by atoms with Crippen LogP contribution < -0.4 is 18.9 Å². The lowest BCUT2D eigenvalue weighted by Crippen LogP contribution is -2.60. The Labute approximate surface area is 427 Å². The van der Waals surface area contributed by atoms with Gasteiger partial charge in [-0.05, 0) is 17.7 Å². The highest BCUT2D eigenvalue weighted by Gasteiger charge is 2.59. The summed E-state index contributed by atoms with van der Waals surface area (Å²) >= 11 is 0. The lowest BCUT2D eigenvalue weighted by atomic mass is 9.81. The topological polar surface area (TPSA) is 334 Å². The highest BCUT2D eigenvalue weighted by molar-refractivity contribution is 6.05. The summed E-state index contributed by atoms with van der Waals surface area (Å²) < 4.78 is 81.5. The van der Waals surface area contributed by atoms with Crippen LogP contribution in [-0.4, -0.2) is 133 Å². The molecular formula is C49H54O26. The first-order chi connectivity index (χ1) is 35.2. The van der Waals surface area contributed by atoms with E-state index in [2.05, 4.69) is 0 Å². The van der Waals surface area contributed by atoms with Crippen molar-refractivity contribution in [2.75, 3.05) is 13.2 Å². The van der Waals surface area contributed by atoms with E-state index >= 15 is 4.79 Å². The van der Waals surface area contributed by atoms with Crippen molar-refractivity contribution in [3.8, 4) is 23.0 Å². The second kappa shape index (κ2) is 24.8. The normalized spacial score (nSPS) is 24.7. The predicted molar refractivity (Wildman–Crippen MR) is 241 cm³/mol. The summed E-state index contributed by atoms with van der Waals surface area (Å²) in [7, 11) is 0. The summed E-state index contributed by atoms with van der Waals surface area (Å²) in [5.41, 5.74) is -1.78. The van der Waals surface area contributed by atoms with Gasteiger partial charge < -0.3 is 66.3 Å². The minimum absolute atomic E-state index is 0.0933. The Bertz CT molecular complexity index is 2620.